The van der Waals surface area contributed by atoms with Crippen LogP contribution in [0, 0.1) is 0 Å². The zero-order chi connectivity index (χ0) is 18.5. The average molecular weight is 359 g/mol. The van der Waals surface area contributed by atoms with Crippen molar-refractivity contribution in [3.8, 4) is 5.75 Å². The van der Waals surface area contributed by atoms with Crippen molar-refractivity contribution in [3.63, 3.8) is 0 Å². The normalized spacial score (nSPS) is 13.6. The Morgan fingerprint density at radius 3 is 2.74 bits per heavy atom. The Kier molecular flexibility index (Phi) is 5.01. The van der Waals surface area contributed by atoms with Crippen molar-refractivity contribution in [2.24, 2.45) is 0 Å². The molecule has 1 atom stereocenters. The molecule has 1 amide bonds. The molecule has 1 aromatic heterocycles. The second-order valence-electron chi connectivity index (χ2n) is 6.48. The van der Waals surface area contributed by atoms with E-state index in [2.05, 4.69) is 27.8 Å². The van der Waals surface area contributed by atoms with Gasteiger partial charge < -0.3 is 15.4 Å². The molecule has 0 spiro atoms. The summed E-state index contributed by atoms with van der Waals surface area (Å²) >= 11 is 0. The van der Waals surface area contributed by atoms with E-state index in [0.29, 0.717) is 18.6 Å². The molecule has 5 nitrogen and oxygen atoms in total. The van der Waals surface area contributed by atoms with E-state index in [9.17, 15) is 4.79 Å². The van der Waals surface area contributed by atoms with Crippen LogP contribution in [0.1, 0.15) is 27.5 Å². The maximum atomic E-state index is 12.9. The minimum Gasteiger partial charge on any atom is -0.490 e. The van der Waals surface area contributed by atoms with Crippen LogP contribution in [0.25, 0.3) is 0 Å². The van der Waals surface area contributed by atoms with E-state index in [1.165, 1.54) is 0 Å². The Bertz CT molecular complexity index is 913. The summed E-state index contributed by atoms with van der Waals surface area (Å²) in [6.45, 7) is 1.38. The van der Waals surface area contributed by atoms with Crippen LogP contribution in [0.4, 0.5) is 5.69 Å². The number of rotatable bonds is 5. The topological polar surface area (TPSA) is 63.2 Å². The average Bonchev–Trinajstić information content (AvgIpc) is 2.74. The van der Waals surface area contributed by atoms with Crippen LogP contribution in [-0.4, -0.2) is 24.0 Å². The van der Waals surface area contributed by atoms with Gasteiger partial charge in [0.25, 0.3) is 5.91 Å². The number of aromatic nitrogens is 1. The largest absolute Gasteiger partial charge is 0.490 e. The minimum atomic E-state index is -0.141. The molecule has 0 bridgehead atoms. The van der Waals surface area contributed by atoms with Crippen molar-refractivity contribution in [2.75, 3.05) is 18.5 Å². The smallest absolute Gasteiger partial charge is 0.251 e. The second-order valence-corrected chi connectivity index (χ2v) is 6.48. The second kappa shape index (κ2) is 7.91. The molecular formula is C22H21N3O2. The Hall–Kier alpha value is -3.34. The number of amides is 1. The van der Waals surface area contributed by atoms with Gasteiger partial charge in [-0.15, -0.1) is 0 Å². The van der Waals surface area contributed by atoms with Crippen LogP contribution >= 0.6 is 0 Å². The van der Waals surface area contributed by atoms with Crippen LogP contribution < -0.4 is 15.4 Å². The molecule has 27 heavy (non-hydrogen) atoms. The zero-order valence-electron chi connectivity index (χ0n) is 14.9. The quantitative estimate of drug-likeness (QED) is 0.731. The molecule has 0 aliphatic carbocycles. The van der Waals surface area contributed by atoms with Crippen LogP contribution in [0.5, 0.6) is 5.75 Å². The lowest BCUT2D eigenvalue weighted by molar-refractivity contribution is 0.0936. The third kappa shape index (κ3) is 4.08. The van der Waals surface area contributed by atoms with Crippen LogP contribution in [0.2, 0.25) is 0 Å². The molecule has 1 unspecified atom stereocenters. The van der Waals surface area contributed by atoms with E-state index >= 15 is 0 Å². The molecule has 2 N–H and O–H groups in total. The summed E-state index contributed by atoms with van der Waals surface area (Å²) < 4.78 is 5.65. The van der Waals surface area contributed by atoms with Crippen LogP contribution in [0.3, 0.4) is 0 Å². The van der Waals surface area contributed by atoms with E-state index in [-0.39, 0.29) is 11.9 Å². The monoisotopic (exact) mass is 359 g/mol. The lowest BCUT2D eigenvalue weighted by atomic mass is 9.99. The predicted octanol–water partition coefficient (Wildman–Crippen LogP) is 3.60. The van der Waals surface area contributed by atoms with Gasteiger partial charge in [0.05, 0.1) is 11.7 Å². The summed E-state index contributed by atoms with van der Waals surface area (Å²) in [5, 5.41) is 6.43. The number of hydrogen-bond donors (Lipinski definition) is 2. The molecule has 4 rings (SSSR count). The molecule has 136 valence electrons. The van der Waals surface area contributed by atoms with E-state index < -0.39 is 0 Å². The van der Waals surface area contributed by atoms with Gasteiger partial charge >= 0.3 is 0 Å². The van der Waals surface area contributed by atoms with Crippen molar-refractivity contribution in [1.82, 2.24) is 10.3 Å². The summed E-state index contributed by atoms with van der Waals surface area (Å²) in [5.74, 6) is 0.599. The van der Waals surface area contributed by atoms with Gasteiger partial charge in [0.2, 0.25) is 0 Å². The number of nitrogens with zero attached hydrogens (tertiary/aromatic N) is 1. The fourth-order valence-electron chi connectivity index (χ4n) is 3.22. The Morgan fingerprint density at radius 1 is 1.11 bits per heavy atom. The summed E-state index contributed by atoms with van der Waals surface area (Å²) in [7, 11) is 0. The molecule has 0 saturated heterocycles. The number of benzene rings is 2. The highest BCUT2D eigenvalue weighted by atomic mass is 16.5. The summed E-state index contributed by atoms with van der Waals surface area (Å²) in [6.07, 6.45) is 4.20. The highest BCUT2D eigenvalue weighted by Crippen LogP contribution is 2.28. The van der Waals surface area contributed by atoms with Gasteiger partial charge in [0.15, 0.2) is 0 Å². The highest BCUT2D eigenvalue weighted by Gasteiger charge is 2.18. The van der Waals surface area contributed by atoms with Crippen molar-refractivity contribution in [3.05, 3.63) is 89.7 Å². The first-order chi connectivity index (χ1) is 13.3. The predicted molar refractivity (Wildman–Crippen MR) is 105 cm³/mol. The Balaban J connectivity index is 1.56. The number of hydrogen-bond acceptors (Lipinski definition) is 4. The van der Waals surface area contributed by atoms with E-state index in [1.807, 2.05) is 42.5 Å². The number of carbonyl (C=O) groups is 1. The number of anilines is 1. The number of nitrogens with one attached hydrogen (secondary N) is 2. The number of carbonyl (C=O) groups excluding carboxylic acids is 1. The maximum absolute atomic E-state index is 12.9. The zero-order valence-corrected chi connectivity index (χ0v) is 14.9. The lowest BCUT2D eigenvalue weighted by Crippen LogP contribution is -2.30. The standard InChI is InChI=1S/C22H21N3O2/c26-22(18-6-7-19-21(15-18)27-13-12-24-19)25-20(17-8-10-23-11-9-17)14-16-4-2-1-3-5-16/h1-11,15,20,24H,12-14H2,(H,25,26). The number of ether oxygens (including phenoxy) is 1. The molecule has 2 aromatic carbocycles. The number of pyridine rings is 1. The highest BCUT2D eigenvalue weighted by molar-refractivity contribution is 5.95. The van der Waals surface area contributed by atoms with E-state index in [0.717, 1.165) is 29.1 Å². The third-order valence-corrected chi connectivity index (χ3v) is 4.62. The lowest BCUT2D eigenvalue weighted by Gasteiger charge is -2.21. The van der Waals surface area contributed by atoms with Crippen molar-refractivity contribution in [1.29, 1.82) is 0 Å². The van der Waals surface area contributed by atoms with Gasteiger partial charge in [0, 0.05) is 24.5 Å². The fourth-order valence-corrected chi connectivity index (χ4v) is 3.22. The van der Waals surface area contributed by atoms with Crippen molar-refractivity contribution in [2.45, 2.75) is 12.5 Å². The van der Waals surface area contributed by atoms with E-state index in [4.69, 9.17) is 4.74 Å². The van der Waals surface area contributed by atoms with Crippen LogP contribution in [-0.2, 0) is 6.42 Å². The van der Waals surface area contributed by atoms with Gasteiger partial charge in [-0.2, -0.15) is 0 Å². The SMILES string of the molecule is O=C(NC(Cc1ccccc1)c1ccncc1)c1ccc2c(c1)OCCN2. The maximum Gasteiger partial charge on any atom is 0.251 e. The molecule has 3 aromatic rings. The third-order valence-electron chi connectivity index (χ3n) is 4.62. The van der Waals surface area contributed by atoms with Crippen LogP contribution in [0.15, 0.2) is 73.1 Å². The summed E-state index contributed by atoms with van der Waals surface area (Å²) in [4.78, 5) is 17.0. The first-order valence-electron chi connectivity index (χ1n) is 9.05. The Labute approximate surface area is 158 Å². The molecule has 0 radical (unpaired) electrons. The van der Waals surface area contributed by atoms with Gasteiger partial charge in [-0.1, -0.05) is 30.3 Å². The van der Waals surface area contributed by atoms with Gasteiger partial charge in [-0.3, -0.25) is 9.78 Å². The molecule has 1 aliphatic rings. The molecule has 0 fully saturated rings. The first kappa shape index (κ1) is 17.1. The first-order valence-corrected chi connectivity index (χ1v) is 9.05. The van der Waals surface area contributed by atoms with Crippen molar-refractivity contribution < 1.29 is 9.53 Å². The fraction of sp³-hybridized carbons (Fsp3) is 0.182. The van der Waals surface area contributed by atoms with Crippen molar-refractivity contribution >= 4 is 11.6 Å². The number of fused-ring (bicyclic) bond motifs is 1. The Morgan fingerprint density at radius 2 is 1.93 bits per heavy atom. The molecular weight excluding hydrogens is 338 g/mol. The molecule has 0 saturated carbocycles. The molecule has 2 heterocycles. The van der Waals surface area contributed by atoms with Gasteiger partial charge in [0.1, 0.15) is 12.4 Å². The molecule has 5 heteroatoms. The van der Waals surface area contributed by atoms with Gasteiger partial charge in [-0.25, -0.2) is 0 Å². The van der Waals surface area contributed by atoms with E-state index in [1.54, 1.807) is 18.5 Å². The summed E-state index contributed by atoms with van der Waals surface area (Å²) in [5.41, 5.74) is 3.70. The minimum absolute atomic E-state index is 0.121. The molecule has 1 aliphatic heterocycles. The summed E-state index contributed by atoms with van der Waals surface area (Å²) in [6, 6.07) is 19.4. The van der Waals surface area contributed by atoms with Gasteiger partial charge in [-0.05, 0) is 47.9 Å².